The molecule has 4 aromatic rings. The lowest BCUT2D eigenvalue weighted by Crippen LogP contribution is -2.34. The largest absolute Gasteiger partial charge is 0.332 e. The summed E-state index contributed by atoms with van der Waals surface area (Å²) in [4.78, 5) is 27.3. The first-order chi connectivity index (χ1) is 17.0. The summed E-state index contributed by atoms with van der Waals surface area (Å²) in [6, 6.07) is 33.9. The van der Waals surface area contributed by atoms with Gasteiger partial charge in [0, 0.05) is 29.0 Å². The topological polar surface area (TPSA) is 61.4 Å². The van der Waals surface area contributed by atoms with E-state index >= 15 is 0 Å². The molecule has 2 amide bonds. The molecule has 0 spiro atoms. The van der Waals surface area contributed by atoms with Gasteiger partial charge in [-0.2, -0.15) is 0 Å². The van der Waals surface area contributed by atoms with Crippen molar-refractivity contribution in [2.24, 2.45) is 0 Å². The Hall–Kier alpha value is -4.29. The van der Waals surface area contributed by atoms with Gasteiger partial charge < -0.3 is 10.2 Å². The van der Waals surface area contributed by atoms with Gasteiger partial charge in [-0.05, 0) is 78.8 Å². The number of rotatable bonds is 6. The Kier molecular flexibility index (Phi) is 7.65. The summed E-state index contributed by atoms with van der Waals surface area (Å²) < 4.78 is 0. The quantitative estimate of drug-likeness (QED) is 0.326. The fourth-order valence-electron chi connectivity index (χ4n) is 3.69. The van der Waals surface area contributed by atoms with Gasteiger partial charge in [0.2, 0.25) is 0 Å². The van der Waals surface area contributed by atoms with Gasteiger partial charge in [-0.15, -0.1) is 0 Å². The third-order valence-corrected chi connectivity index (χ3v) is 5.70. The van der Waals surface area contributed by atoms with E-state index in [1.165, 1.54) is 0 Å². The molecule has 5 nitrogen and oxygen atoms in total. The van der Waals surface area contributed by atoms with Crippen LogP contribution in [0.3, 0.4) is 0 Å². The standard InChI is InChI=1S/C29H25N3O2S/c1-2-32(26-11-7-4-8-12-26)28(34)24-17-19-25(20-18-24)30-29(35)31-27(33)23-15-13-22(14-16-23)21-9-5-3-6-10-21/h3-20H,2H2,1H3,(H2,30,31,33,35). The van der Waals surface area contributed by atoms with Crippen molar-refractivity contribution < 1.29 is 9.59 Å². The molecule has 0 fully saturated rings. The van der Waals surface area contributed by atoms with Gasteiger partial charge in [-0.3, -0.25) is 14.9 Å². The zero-order valence-corrected chi connectivity index (χ0v) is 20.1. The second-order valence-corrected chi connectivity index (χ2v) is 8.22. The van der Waals surface area contributed by atoms with Crippen molar-refractivity contribution in [2.45, 2.75) is 6.92 Å². The average Bonchev–Trinajstić information content (AvgIpc) is 2.90. The van der Waals surface area contributed by atoms with Gasteiger partial charge in [0.25, 0.3) is 11.8 Å². The number of thiocarbonyl (C=S) groups is 1. The van der Waals surface area contributed by atoms with Gasteiger partial charge in [-0.1, -0.05) is 60.7 Å². The maximum atomic E-state index is 12.9. The maximum Gasteiger partial charge on any atom is 0.258 e. The lowest BCUT2D eigenvalue weighted by molar-refractivity contribution is 0.0973. The Bertz CT molecular complexity index is 1310. The highest BCUT2D eigenvalue weighted by Crippen LogP contribution is 2.20. The molecule has 0 aliphatic heterocycles. The smallest absolute Gasteiger partial charge is 0.258 e. The summed E-state index contributed by atoms with van der Waals surface area (Å²) in [5, 5.41) is 5.87. The number of carbonyl (C=O) groups excluding carboxylic acids is 2. The molecule has 174 valence electrons. The molecule has 0 radical (unpaired) electrons. The number of nitrogens with zero attached hydrogens (tertiary/aromatic N) is 1. The Balaban J connectivity index is 1.35. The number of amides is 2. The highest BCUT2D eigenvalue weighted by atomic mass is 32.1. The molecule has 0 saturated heterocycles. The van der Waals surface area contributed by atoms with Crippen LogP contribution in [0, 0.1) is 0 Å². The van der Waals surface area contributed by atoms with Crippen molar-refractivity contribution in [2.75, 3.05) is 16.8 Å². The predicted octanol–water partition coefficient (Wildman–Crippen LogP) is 6.15. The lowest BCUT2D eigenvalue weighted by atomic mass is 10.0. The van der Waals surface area contributed by atoms with Gasteiger partial charge in [-0.25, -0.2) is 0 Å². The summed E-state index contributed by atoms with van der Waals surface area (Å²) in [6.45, 7) is 2.50. The number of hydrogen-bond donors (Lipinski definition) is 2. The normalized spacial score (nSPS) is 10.3. The van der Waals surface area contributed by atoms with E-state index in [4.69, 9.17) is 12.2 Å². The molecule has 0 saturated carbocycles. The number of carbonyl (C=O) groups is 2. The first-order valence-corrected chi connectivity index (χ1v) is 11.7. The summed E-state index contributed by atoms with van der Waals surface area (Å²) in [5.41, 5.74) is 4.72. The molecule has 6 heteroatoms. The zero-order chi connectivity index (χ0) is 24.6. The van der Waals surface area contributed by atoms with E-state index in [1.54, 1.807) is 41.3 Å². The molecular formula is C29H25N3O2S. The fraction of sp³-hybridized carbons (Fsp3) is 0.0690. The van der Waals surface area contributed by atoms with Crippen molar-refractivity contribution in [1.29, 1.82) is 0 Å². The first kappa shape index (κ1) is 23.9. The van der Waals surface area contributed by atoms with E-state index in [0.717, 1.165) is 16.8 Å². The van der Waals surface area contributed by atoms with Gasteiger partial charge >= 0.3 is 0 Å². The van der Waals surface area contributed by atoms with Crippen LogP contribution in [-0.2, 0) is 0 Å². The summed E-state index contributed by atoms with van der Waals surface area (Å²) >= 11 is 5.31. The number of benzene rings is 4. The number of anilines is 2. The Labute approximate surface area is 210 Å². The van der Waals surface area contributed by atoms with Crippen molar-refractivity contribution in [3.63, 3.8) is 0 Å². The molecule has 35 heavy (non-hydrogen) atoms. The van der Waals surface area contributed by atoms with Crippen LogP contribution in [0.4, 0.5) is 11.4 Å². The zero-order valence-electron chi connectivity index (χ0n) is 19.3. The average molecular weight is 480 g/mol. The fourth-order valence-corrected chi connectivity index (χ4v) is 3.90. The Morgan fingerprint density at radius 3 is 1.86 bits per heavy atom. The highest BCUT2D eigenvalue weighted by molar-refractivity contribution is 7.80. The lowest BCUT2D eigenvalue weighted by Gasteiger charge is -2.21. The number of hydrogen-bond acceptors (Lipinski definition) is 3. The van der Waals surface area contributed by atoms with Crippen LogP contribution >= 0.6 is 12.2 Å². The van der Waals surface area contributed by atoms with E-state index in [9.17, 15) is 9.59 Å². The van der Waals surface area contributed by atoms with Crippen LogP contribution in [0.2, 0.25) is 0 Å². The SMILES string of the molecule is CCN(C(=O)c1ccc(NC(=S)NC(=O)c2ccc(-c3ccccc3)cc2)cc1)c1ccccc1. The van der Waals surface area contributed by atoms with Gasteiger partial charge in [0.15, 0.2) is 5.11 Å². The molecule has 4 aromatic carbocycles. The molecular weight excluding hydrogens is 454 g/mol. The van der Waals surface area contributed by atoms with Crippen LogP contribution in [-0.4, -0.2) is 23.5 Å². The van der Waals surface area contributed by atoms with Crippen molar-refractivity contribution in [1.82, 2.24) is 5.32 Å². The molecule has 0 atom stereocenters. The monoisotopic (exact) mass is 479 g/mol. The van der Waals surface area contributed by atoms with Crippen LogP contribution < -0.4 is 15.5 Å². The van der Waals surface area contributed by atoms with Gasteiger partial charge in [0.05, 0.1) is 0 Å². The van der Waals surface area contributed by atoms with E-state index in [0.29, 0.717) is 23.4 Å². The van der Waals surface area contributed by atoms with Crippen LogP contribution in [0.5, 0.6) is 0 Å². The molecule has 4 rings (SSSR count). The molecule has 0 aliphatic rings. The summed E-state index contributed by atoms with van der Waals surface area (Å²) in [5.74, 6) is -0.379. The van der Waals surface area contributed by atoms with Crippen LogP contribution in [0.15, 0.2) is 109 Å². The second kappa shape index (κ2) is 11.2. The van der Waals surface area contributed by atoms with E-state index in [1.807, 2.05) is 79.7 Å². The highest BCUT2D eigenvalue weighted by Gasteiger charge is 2.16. The second-order valence-electron chi connectivity index (χ2n) is 7.81. The third kappa shape index (κ3) is 5.99. The maximum absolute atomic E-state index is 12.9. The molecule has 0 heterocycles. The Morgan fingerprint density at radius 2 is 1.26 bits per heavy atom. The van der Waals surface area contributed by atoms with E-state index < -0.39 is 0 Å². The van der Waals surface area contributed by atoms with Crippen molar-refractivity contribution in [3.8, 4) is 11.1 Å². The van der Waals surface area contributed by atoms with Gasteiger partial charge in [0.1, 0.15) is 0 Å². The molecule has 0 aromatic heterocycles. The minimum absolute atomic E-state index is 0.0833. The molecule has 2 N–H and O–H groups in total. The summed E-state index contributed by atoms with van der Waals surface area (Å²) in [7, 11) is 0. The Morgan fingerprint density at radius 1 is 0.714 bits per heavy atom. The van der Waals surface area contributed by atoms with Crippen molar-refractivity contribution in [3.05, 3.63) is 120 Å². The minimum atomic E-state index is -0.296. The third-order valence-electron chi connectivity index (χ3n) is 5.50. The predicted molar refractivity (Wildman–Crippen MR) is 146 cm³/mol. The molecule has 0 unspecified atom stereocenters. The molecule has 0 bridgehead atoms. The number of para-hydroxylation sites is 1. The van der Waals surface area contributed by atoms with Crippen LogP contribution in [0.1, 0.15) is 27.6 Å². The summed E-state index contributed by atoms with van der Waals surface area (Å²) in [6.07, 6.45) is 0. The number of nitrogens with one attached hydrogen (secondary N) is 2. The molecule has 0 aliphatic carbocycles. The van der Waals surface area contributed by atoms with E-state index in [2.05, 4.69) is 10.6 Å². The van der Waals surface area contributed by atoms with E-state index in [-0.39, 0.29) is 16.9 Å². The van der Waals surface area contributed by atoms with Crippen LogP contribution in [0.25, 0.3) is 11.1 Å². The minimum Gasteiger partial charge on any atom is -0.332 e. The first-order valence-electron chi connectivity index (χ1n) is 11.3. The van der Waals surface area contributed by atoms with Crippen molar-refractivity contribution >= 4 is 40.5 Å².